The minimum Gasteiger partial charge on any atom is -0.467 e. The van der Waals surface area contributed by atoms with Gasteiger partial charge in [0.25, 0.3) is 5.54 Å². The fraction of sp³-hybridized carbons (Fsp3) is 0.212. The molecule has 5 rings (SSSR count). The van der Waals surface area contributed by atoms with Gasteiger partial charge in [-0.15, -0.1) is 4.31 Å². The van der Waals surface area contributed by atoms with Crippen molar-refractivity contribution in [1.29, 1.82) is 0 Å². The Balaban J connectivity index is 1.92. The predicted octanol–water partition coefficient (Wildman–Crippen LogP) is 5.79. The van der Waals surface area contributed by atoms with Crippen LogP contribution in [0.15, 0.2) is 119 Å². The van der Waals surface area contributed by atoms with Crippen LogP contribution in [-0.2, 0) is 35.6 Å². The first kappa shape index (κ1) is 30.6. The van der Waals surface area contributed by atoms with Gasteiger partial charge in [-0.25, -0.2) is 18.0 Å². The maximum atomic E-state index is 14.9. The molecule has 0 radical (unpaired) electrons. The number of sulfonamides is 1. The van der Waals surface area contributed by atoms with Gasteiger partial charge in [0.15, 0.2) is 0 Å². The van der Waals surface area contributed by atoms with E-state index in [1.54, 1.807) is 60.7 Å². The van der Waals surface area contributed by atoms with Gasteiger partial charge in [0.2, 0.25) is 10.0 Å². The first-order chi connectivity index (χ1) is 20.7. The molecule has 4 aromatic rings. The summed E-state index contributed by atoms with van der Waals surface area (Å²) in [5.41, 5.74) is 0.332. The molecule has 1 heterocycles. The highest BCUT2D eigenvalue weighted by atomic mass is 79.9. The molecule has 0 aromatic heterocycles. The lowest BCUT2D eigenvalue weighted by Crippen LogP contribution is -2.62. The van der Waals surface area contributed by atoms with E-state index in [-0.39, 0.29) is 11.4 Å². The Labute approximate surface area is 260 Å². The number of hydrogen-bond donors (Lipinski definition) is 0. The minimum atomic E-state index is -4.57. The number of nitrogens with zero attached hydrogens (tertiary/aromatic N) is 2. The van der Waals surface area contributed by atoms with E-state index in [9.17, 15) is 18.0 Å². The Hall–Kier alpha value is -3.83. The van der Waals surface area contributed by atoms with Crippen molar-refractivity contribution in [3.05, 3.63) is 136 Å². The number of ether oxygens (including phenoxy) is 2. The molecule has 1 fully saturated rings. The standard InChI is InChI=1S/C33H31BrN2O6S/c1-23-14-20-28(21-15-23)43(39,40)36-30(26-16-18-27(34)19-17-26)35(22-24-10-6-4-7-11-24)29(25-12-8-5-9-13-25)33(36,31(37)41-2)32(38)42-3/h4-21,29-30H,22H2,1-3H3/t29-,30+/m1/s1. The lowest BCUT2D eigenvalue weighted by atomic mass is 9.85. The number of aryl methyl sites for hydroxylation is 1. The average Bonchev–Trinajstić information content (AvgIpc) is 3.33. The summed E-state index contributed by atoms with van der Waals surface area (Å²) in [6.07, 6.45) is -1.12. The van der Waals surface area contributed by atoms with E-state index in [0.29, 0.717) is 11.1 Å². The molecule has 2 atom stereocenters. The topological polar surface area (TPSA) is 93.2 Å². The van der Waals surface area contributed by atoms with Gasteiger partial charge in [-0.2, -0.15) is 0 Å². The number of rotatable bonds is 8. The molecule has 1 saturated heterocycles. The molecule has 0 N–H and O–H groups in total. The van der Waals surface area contributed by atoms with Crippen LogP contribution in [-0.4, -0.2) is 49.3 Å². The third-order valence-corrected chi connectivity index (χ3v) is 10.1. The molecule has 1 aliphatic rings. The molecule has 0 unspecified atom stereocenters. The van der Waals surface area contributed by atoms with Crippen molar-refractivity contribution in [2.45, 2.75) is 36.1 Å². The summed E-state index contributed by atoms with van der Waals surface area (Å²) in [4.78, 5) is 30.2. The van der Waals surface area contributed by atoms with Crippen LogP contribution in [0.5, 0.6) is 0 Å². The van der Waals surface area contributed by atoms with Crippen molar-refractivity contribution in [3.63, 3.8) is 0 Å². The van der Waals surface area contributed by atoms with Crippen molar-refractivity contribution in [2.75, 3.05) is 14.2 Å². The molecule has 43 heavy (non-hydrogen) atoms. The van der Waals surface area contributed by atoms with Gasteiger partial charge in [0.1, 0.15) is 6.17 Å². The summed E-state index contributed by atoms with van der Waals surface area (Å²) in [5.74, 6) is -2.11. The maximum Gasteiger partial charge on any atom is 0.341 e. The van der Waals surface area contributed by atoms with Crippen molar-refractivity contribution in [3.8, 4) is 0 Å². The quantitative estimate of drug-likeness (QED) is 0.174. The number of halogens is 1. The Morgan fingerprint density at radius 3 is 1.84 bits per heavy atom. The number of carbonyl (C=O) groups excluding carboxylic acids is 2. The van der Waals surface area contributed by atoms with Crippen LogP contribution < -0.4 is 0 Å². The number of methoxy groups -OCH3 is 2. The van der Waals surface area contributed by atoms with Gasteiger partial charge in [0, 0.05) is 11.0 Å². The molecule has 0 spiro atoms. The van der Waals surface area contributed by atoms with Gasteiger partial charge in [-0.05, 0) is 47.9 Å². The Kier molecular flexibility index (Phi) is 8.84. The SMILES string of the molecule is COC(=O)C1(C(=O)OC)[C@@H](c2ccccc2)N(Cc2ccccc2)[C@H](c2ccc(Br)cc2)N1S(=O)(=O)c1ccc(C)cc1. The highest BCUT2D eigenvalue weighted by Gasteiger charge is 2.72. The lowest BCUT2D eigenvalue weighted by molar-refractivity contribution is -0.168. The van der Waals surface area contributed by atoms with Crippen molar-refractivity contribution in [1.82, 2.24) is 9.21 Å². The normalized spacial score (nSPS) is 18.7. The summed E-state index contributed by atoms with van der Waals surface area (Å²) < 4.78 is 42.2. The second kappa shape index (κ2) is 12.4. The monoisotopic (exact) mass is 662 g/mol. The van der Waals surface area contributed by atoms with E-state index in [1.165, 1.54) is 12.1 Å². The first-order valence-corrected chi connectivity index (χ1v) is 15.8. The summed E-state index contributed by atoms with van der Waals surface area (Å²) in [6, 6.07) is 30.7. The van der Waals surface area contributed by atoms with Gasteiger partial charge in [-0.3, -0.25) is 4.90 Å². The van der Waals surface area contributed by atoms with Gasteiger partial charge in [0.05, 0.1) is 25.2 Å². The molecular formula is C33H31BrN2O6S. The second-order valence-corrected chi connectivity index (χ2v) is 13.0. The molecule has 222 valence electrons. The Morgan fingerprint density at radius 2 is 1.30 bits per heavy atom. The van der Waals surface area contributed by atoms with Crippen LogP contribution in [0.25, 0.3) is 0 Å². The van der Waals surface area contributed by atoms with Crippen LogP contribution in [0.3, 0.4) is 0 Å². The third-order valence-electron chi connectivity index (χ3n) is 7.67. The van der Waals surface area contributed by atoms with Gasteiger partial charge in [-0.1, -0.05) is 106 Å². The molecule has 8 nitrogen and oxygen atoms in total. The second-order valence-electron chi connectivity index (χ2n) is 10.3. The van der Waals surface area contributed by atoms with Gasteiger partial charge < -0.3 is 9.47 Å². The zero-order valence-corrected chi connectivity index (χ0v) is 26.3. The maximum absolute atomic E-state index is 14.9. The van der Waals surface area contributed by atoms with Crippen molar-refractivity contribution >= 4 is 37.9 Å². The molecule has 0 amide bonds. The zero-order valence-electron chi connectivity index (χ0n) is 23.9. The molecule has 0 bridgehead atoms. The predicted molar refractivity (Wildman–Crippen MR) is 165 cm³/mol. The number of benzene rings is 4. The Morgan fingerprint density at radius 1 is 0.767 bits per heavy atom. The largest absolute Gasteiger partial charge is 0.467 e. The van der Waals surface area contributed by atoms with Crippen LogP contribution in [0.2, 0.25) is 0 Å². The molecule has 4 aromatic carbocycles. The zero-order chi connectivity index (χ0) is 30.8. The van der Waals surface area contributed by atoms with E-state index in [0.717, 1.165) is 34.1 Å². The summed E-state index contributed by atoms with van der Waals surface area (Å²) >= 11 is 3.47. The van der Waals surface area contributed by atoms with Crippen LogP contribution in [0.4, 0.5) is 0 Å². The number of carbonyl (C=O) groups is 2. The number of esters is 2. The van der Waals surface area contributed by atoms with Crippen LogP contribution in [0, 0.1) is 6.92 Å². The van der Waals surface area contributed by atoms with Crippen molar-refractivity contribution < 1.29 is 27.5 Å². The molecule has 0 aliphatic carbocycles. The highest BCUT2D eigenvalue weighted by Crippen LogP contribution is 2.55. The summed E-state index contributed by atoms with van der Waals surface area (Å²) in [7, 11) is -2.29. The lowest BCUT2D eigenvalue weighted by Gasteiger charge is -2.36. The van der Waals surface area contributed by atoms with Crippen LogP contribution >= 0.6 is 15.9 Å². The summed E-state index contributed by atoms with van der Waals surface area (Å²) in [6.45, 7) is 2.04. The van der Waals surface area contributed by atoms with Crippen molar-refractivity contribution in [2.24, 2.45) is 0 Å². The molecule has 0 saturated carbocycles. The molecule has 10 heteroatoms. The van der Waals surface area contributed by atoms with Crippen LogP contribution in [0.1, 0.15) is 34.5 Å². The van der Waals surface area contributed by atoms with E-state index in [2.05, 4.69) is 15.9 Å². The fourth-order valence-electron chi connectivity index (χ4n) is 5.77. The minimum absolute atomic E-state index is 0.0780. The first-order valence-electron chi connectivity index (χ1n) is 13.5. The highest BCUT2D eigenvalue weighted by molar-refractivity contribution is 9.10. The van der Waals surface area contributed by atoms with E-state index >= 15 is 0 Å². The summed E-state index contributed by atoms with van der Waals surface area (Å²) in [5, 5.41) is 0. The fourth-order valence-corrected chi connectivity index (χ4v) is 7.88. The van der Waals surface area contributed by atoms with E-state index < -0.39 is 39.7 Å². The molecule has 1 aliphatic heterocycles. The van der Waals surface area contributed by atoms with E-state index in [4.69, 9.17) is 9.47 Å². The number of hydrogen-bond acceptors (Lipinski definition) is 7. The third kappa shape index (κ3) is 5.40. The molecular weight excluding hydrogens is 632 g/mol. The average molecular weight is 664 g/mol. The van der Waals surface area contributed by atoms with E-state index in [1.807, 2.05) is 48.2 Å². The smallest absolute Gasteiger partial charge is 0.341 e. The Bertz CT molecular complexity index is 1680. The van der Waals surface area contributed by atoms with Gasteiger partial charge >= 0.3 is 11.9 Å².